The van der Waals surface area contributed by atoms with E-state index in [1.807, 2.05) is 11.9 Å². The summed E-state index contributed by atoms with van der Waals surface area (Å²) in [4.78, 5) is 13.9. The van der Waals surface area contributed by atoms with E-state index >= 15 is 0 Å². The first-order valence-corrected chi connectivity index (χ1v) is 5.64. The zero-order valence-corrected chi connectivity index (χ0v) is 9.55. The maximum Gasteiger partial charge on any atom is 0.226 e. The van der Waals surface area contributed by atoms with Crippen molar-refractivity contribution in [2.75, 3.05) is 20.1 Å². The van der Waals surface area contributed by atoms with E-state index < -0.39 is 0 Å². The van der Waals surface area contributed by atoms with Crippen LogP contribution in [-0.4, -0.2) is 37.0 Å². The summed E-state index contributed by atoms with van der Waals surface area (Å²) in [6.07, 6.45) is 3.21. The SMILES string of the molecule is CCC(C)N(C)C(=O)[C@@H]1CCCNC1. The molecular formula is C11H22N2O. The fourth-order valence-corrected chi connectivity index (χ4v) is 1.84. The molecule has 0 saturated carbocycles. The number of nitrogens with one attached hydrogen (secondary N) is 1. The molecule has 0 aromatic rings. The first-order chi connectivity index (χ1) is 6.66. The number of piperidine rings is 1. The summed E-state index contributed by atoms with van der Waals surface area (Å²) < 4.78 is 0. The molecule has 1 aliphatic rings. The average Bonchev–Trinajstić information content (AvgIpc) is 2.27. The van der Waals surface area contributed by atoms with Gasteiger partial charge in [0.2, 0.25) is 5.91 Å². The number of carbonyl (C=O) groups is 1. The van der Waals surface area contributed by atoms with Crippen LogP contribution >= 0.6 is 0 Å². The number of amides is 1. The van der Waals surface area contributed by atoms with E-state index in [4.69, 9.17) is 0 Å². The Morgan fingerprint density at radius 3 is 2.86 bits per heavy atom. The van der Waals surface area contributed by atoms with E-state index in [1.54, 1.807) is 0 Å². The molecule has 1 unspecified atom stereocenters. The normalized spacial score (nSPS) is 24.4. The Morgan fingerprint density at radius 1 is 1.64 bits per heavy atom. The zero-order valence-electron chi connectivity index (χ0n) is 9.55. The fourth-order valence-electron chi connectivity index (χ4n) is 1.84. The van der Waals surface area contributed by atoms with Crippen LogP contribution in [0.4, 0.5) is 0 Å². The molecule has 3 nitrogen and oxygen atoms in total. The highest BCUT2D eigenvalue weighted by Gasteiger charge is 2.25. The Labute approximate surface area is 86.9 Å². The van der Waals surface area contributed by atoms with Crippen molar-refractivity contribution < 1.29 is 4.79 Å². The van der Waals surface area contributed by atoms with Crippen LogP contribution in [-0.2, 0) is 4.79 Å². The van der Waals surface area contributed by atoms with Gasteiger partial charge in [0.25, 0.3) is 0 Å². The van der Waals surface area contributed by atoms with Crippen LogP contribution in [0.1, 0.15) is 33.1 Å². The average molecular weight is 198 g/mol. The molecule has 3 heteroatoms. The van der Waals surface area contributed by atoms with E-state index in [1.165, 1.54) is 0 Å². The predicted octanol–water partition coefficient (Wildman–Crippen LogP) is 1.24. The third-order valence-electron chi connectivity index (χ3n) is 3.25. The lowest BCUT2D eigenvalue weighted by Crippen LogP contribution is -2.44. The molecule has 0 spiro atoms. The highest BCUT2D eigenvalue weighted by atomic mass is 16.2. The summed E-state index contributed by atoms with van der Waals surface area (Å²) in [5.41, 5.74) is 0. The van der Waals surface area contributed by atoms with Gasteiger partial charge in [-0.15, -0.1) is 0 Å². The molecule has 0 aliphatic carbocycles. The van der Waals surface area contributed by atoms with Crippen LogP contribution in [0.3, 0.4) is 0 Å². The summed E-state index contributed by atoms with van der Waals surface area (Å²) in [7, 11) is 1.92. The highest BCUT2D eigenvalue weighted by molar-refractivity contribution is 5.79. The molecular weight excluding hydrogens is 176 g/mol. The first kappa shape index (κ1) is 11.5. The van der Waals surface area contributed by atoms with Crippen molar-refractivity contribution in [2.24, 2.45) is 5.92 Å². The lowest BCUT2D eigenvalue weighted by atomic mass is 9.97. The summed E-state index contributed by atoms with van der Waals surface area (Å²) in [5, 5.41) is 3.28. The van der Waals surface area contributed by atoms with Gasteiger partial charge in [0, 0.05) is 19.6 Å². The molecule has 0 aromatic heterocycles. The van der Waals surface area contributed by atoms with E-state index in [9.17, 15) is 4.79 Å². The molecule has 1 aliphatic heterocycles. The molecule has 0 bridgehead atoms. The molecule has 1 amide bonds. The second-order valence-corrected chi connectivity index (χ2v) is 4.25. The third-order valence-corrected chi connectivity index (χ3v) is 3.25. The van der Waals surface area contributed by atoms with Gasteiger partial charge in [0.1, 0.15) is 0 Å². The van der Waals surface area contributed by atoms with E-state index in [0.717, 1.165) is 32.4 Å². The van der Waals surface area contributed by atoms with Gasteiger partial charge in [0.05, 0.1) is 5.92 Å². The number of carbonyl (C=O) groups excluding carboxylic acids is 1. The maximum absolute atomic E-state index is 12.0. The highest BCUT2D eigenvalue weighted by Crippen LogP contribution is 2.14. The quantitative estimate of drug-likeness (QED) is 0.740. The Hall–Kier alpha value is -0.570. The van der Waals surface area contributed by atoms with E-state index in [2.05, 4.69) is 19.2 Å². The molecule has 14 heavy (non-hydrogen) atoms. The topological polar surface area (TPSA) is 32.3 Å². The van der Waals surface area contributed by atoms with E-state index in [-0.39, 0.29) is 5.92 Å². The lowest BCUT2D eigenvalue weighted by Gasteiger charge is -2.30. The molecule has 1 N–H and O–H groups in total. The van der Waals surface area contributed by atoms with Crippen molar-refractivity contribution in [3.63, 3.8) is 0 Å². The van der Waals surface area contributed by atoms with Gasteiger partial charge in [-0.05, 0) is 32.7 Å². The van der Waals surface area contributed by atoms with Crippen LogP contribution in [0.25, 0.3) is 0 Å². The van der Waals surface area contributed by atoms with Crippen molar-refractivity contribution >= 4 is 5.91 Å². The first-order valence-electron chi connectivity index (χ1n) is 5.64. The predicted molar refractivity (Wildman–Crippen MR) is 58.1 cm³/mol. The van der Waals surface area contributed by atoms with Crippen molar-refractivity contribution in [1.29, 1.82) is 0 Å². The molecule has 2 atom stereocenters. The van der Waals surface area contributed by atoms with Gasteiger partial charge < -0.3 is 10.2 Å². The Bertz CT molecular complexity index is 184. The van der Waals surface area contributed by atoms with Crippen molar-refractivity contribution in [3.05, 3.63) is 0 Å². The monoisotopic (exact) mass is 198 g/mol. The number of hydrogen-bond acceptors (Lipinski definition) is 2. The standard InChI is InChI=1S/C11H22N2O/c1-4-9(2)13(3)11(14)10-6-5-7-12-8-10/h9-10,12H,4-8H2,1-3H3/t9?,10-/m1/s1. The molecule has 0 aromatic carbocycles. The molecule has 1 saturated heterocycles. The van der Waals surface area contributed by atoms with Gasteiger partial charge in [-0.2, -0.15) is 0 Å². The number of hydrogen-bond donors (Lipinski definition) is 1. The van der Waals surface area contributed by atoms with Gasteiger partial charge in [-0.25, -0.2) is 0 Å². The summed E-state index contributed by atoms with van der Waals surface area (Å²) in [6.45, 7) is 6.15. The summed E-state index contributed by atoms with van der Waals surface area (Å²) in [5.74, 6) is 0.523. The van der Waals surface area contributed by atoms with Crippen LogP contribution in [0.2, 0.25) is 0 Å². The summed E-state index contributed by atoms with van der Waals surface area (Å²) >= 11 is 0. The van der Waals surface area contributed by atoms with Gasteiger partial charge in [-0.3, -0.25) is 4.79 Å². The molecule has 82 valence electrons. The van der Waals surface area contributed by atoms with Gasteiger partial charge in [0.15, 0.2) is 0 Å². The minimum atomic E-state index is 0.211. The Morgan fingerprint density at radius 2 is 2.36 bits per heavy atom. The Balaban J connectivity index is 2.46. The largest absolute Gasteiger partial charge is 0.343 e. The van der Waals surface area contributed by atoms with Crippen LogP contribution in [0.15, 0.2) is 0 Å². The van der Waals surface area contributed by atoms with Crippen LogP contribution in [0, 0.1) is 5.92 Å². The maximum atomic E-state index is 12.0. The van der Waals surface area contributed by atoms with Gasteiger partial charge >= 0.3 is 0 Å². The van der Waals surface area contributed by atoms with Gasteiger partial charge in [-0.1, -0.05) is 6.92 Å². The number of nitrogens with zero attached hydrogens (tertiary/aromatic N) is 1. The minimum Gasteiger partial charge on any atom is -0.343 e. The fraction of sp³-hybridized carbons (Fsp3) is 0.909. The van der Waals surface area contributed by atoms with Crippen molar-refractivity contribution in [2.45, 2.75) is 39.2 Å². The minimum absolute atomic E-state index is 0.211. The number of rotatable bonds is 3. The second kappa shape index (κ2) is 5.35. The Kier molecular flexibility index (Phi) is 4.39. The van der Waals surface area contributed by atoms with Crippen molar-refractivity contribution in [3.8, 4) is 0 Å². The van der Waals surface area contributed by atoms with Crippen LogP contribution < -0.4 is 5.32 Å². The smallest absolute Gasteiger partial charge is 0.226 e. The second-order valence-electron chi connectivity index (χ2n) is 4.25. The zero-order chi connectivity index (χ0) is 10.6. The summed E-state index contributed by atoms with van der Waals surface area (Å²) in [6, 6.07) is 0.365. The van der Waals surface area contributed by atoms with E-state index in [0.29, 0.717) is 11.9 Å². The molecule has 1 rings (SSSR count). The third kappa shape index (κ3) is 2.71. The van der Waals surface area contributed by atoms with Crippen molar-refractivity contribution in [1.82, 2.24) is 10.2 Å². The molecule has 1 heterocycles. The molecule has 0 radical (unpaired) electrons. The molecule has 1 fully saturated rings. The lowest BCUT2D eigenvalue weighted by molar-refractivity contribution is -0.136. The van der Waals surface area contributed by atoms with Crippen LogP contribution in [0.5, 0.6) is 0 Å².